The van der Waals surface area contributed by atoms with Gasteiger partial charge in [-0.1, -0.05) is 28.1 Å². The van der Waals surface area contributed by atoms with Gasteiger partial charge in [0.15, 0.2) is 0 Å². The Balaban J connectivity index is 2.32. The first-order valence-electron chi connectivity index (χ1n) is 6.94. The molecule has 0 bridgehead atoms. The molecule has 0 aliphatic carbocycles. The first kappa shape index (κ1) is 15.5. The second-order valence-electron chi connectivity index (χ2n) is 6.64. The largest absolute Gasteiger partial charge is 0.481 e. The lowest BCUT2D eigenvalue weighted by molar-refractivity contribution is -0.141. The molecular weight excluding hydrogens is 318 g/mol. The van der Waals surface area contributed by atoms with Crippen LogP contribution in [0.5, 0.6) is 0 Å². The normalized spacial score (nSPS) is 24.1. The number of likely N-dealkylation sites (tertiary alicyclic amines) is 1. The summed E-state index contributed by atoms with van der Waals surface area (Å²) < 4.78 is 1.07. The summed E-state index contributed by atoms with van der Waals surface area (Å²) in [6, 6.07) is 6.17. The minimum absolute atomic E-state index is 0.00680. The van der Waals surface area contributed by atoms with Crippen molar-refractivity contribution in [2.75, 3.05) is 13.1 Å². The van der Waals surface area contributed by atoms with Crippen molar-refractivity contribution in [3.05, 3.63) is 33.8 Å². The summed E-state index contributed by atoms with van der Waals surface area (Å²) in [6.07, 6.45) is 0. The third kappa shape index (κ3) is 3.07. The number of aryl methyl sites for hydroxylation is 1. The van der Waals surface area contributed by atoms with Crippen molar-refractivity contribution in [1.82, 2.24) is 4.90 Å². The van der Waals surface area contributed by atoms with Crippen molar-refractivity contribution in [2.24, 2.45) is 5.92 Å². The van der Waals surface area contributed by atoms with Gasteiger partial charge in [0, 0.05) is 29.0 Å². The summed E-state index contributed by atoms with van der Waals surface area (Å²) in [5.74, 6) is -0.948. The van der Waals surface area contributed by atoms with Crippen LogP contribution < -0.4 is 0 Å². The van der Waals surface area contributed by atoms with Crippen LogP contribution in [0.15, 0.2) is 22.7 Å². The summed E-state index contributed by atoms with van der Waals surface area (Å²) in [4.78, 5) is 13.8. The molecule has 1 saturated heterocycles. The van der Waals surface area contributed by atoms with Crippen LogP contribution in [0.4, 0.5) is 0 Å². The van der Waals surface area contributed by atoms with Gasteiger partial charge in [-0.3, -0.25) is 9.69 Å². The Morgan fingerprint density at radius 2 is 2.00 bits per heavy atom. The highest BCUT2D eigenvalue weighted by Crippen LogP contribution is 2.37. The minimum Gasteiger partial charge on any atom is -0.481 e. The van der Waals surface area contributed by atoms with Gasteiger partial charge in [-0.15, -0.1) is 0 Å². The monoisotopic (exact) mass is 339 g/mol. The summed E-state index contributed by atoms with van der Waals surface area (Å²) in [7, 11) is 0. The van der Waals surface area contributed by atoms with Gasteiger partial charge < -0.3 is 5.11 Å². The third-order valence-corrected chi connectivity index (χ3v) is 5.09. The van der Waals surface area contributed by atoms with E-state index in [4.69, 9.17) is 0 Å². The topological polar surface area (TPSA) is 40.5 Å². The predicted molar refractivity (Wildman–Crippen MR) is 84.1 cm³/mol. The quantitative estimate of drug-likeness (QED) is 0.893. The van der Waals surface area contributed by atoms with Gasteiger partial charge in [-0.2, -0.15) is 0 Å². The Morgan fingerprint density at radius 3 is 2.50 bits per heavy atom. The van der Waals surface area contributed by atoms with E-state index in [1.54, 1.807) is 0 Å². The van der Waals surface area contributed by atoms with E-state index in [0.717, 1.165) is 22.1 Å². The molecule has 1 aliphatic heterocycles. The molecule has 1 fully saturated rings. The molecule has 110 valence electrons. The number of carboxylic acids is 1. The molecule has 20 heavy (non-hydrogen) atoms. The van der Waals surface area contributed by atoms with Crippen LogP contribution in [-0.2, 0) is 4.79 Å². The lowest BCUT2D eigenvalue weighted by Crippen LogP contribution is -2.40. The minimum atomic E-state index is -0.692. The van der Waals surface area contributed by atoms with Crippen molar-refractivity contribution in [3.8, 4) is 0 Å². The van der Waals surface area contributed by atoms with Crippen molar-refractivity contribution >= 4 is 21.9 Å². The van der Waals surface area contributed by atoms with Crippen LogP contribution in [0.2, 0.25) is 0 Å². The molecule has 4 heteroatoms. The van der Waals surface area contributed by atoms with Crippen molar-refractivity contribution in [1.29, 1.82) is 0 Å². The Hall–Kier alpha value is -0.870. The van der Waals surface area contributed by atoms with Crippen LogP contribution in [0, 0.1) is 12.8 Å². The molecule has 0 spiro atoms. The number of hydrogen-bond donors (Lipinski definition) is 1. The maximum atomic E-state index is 11.6. The van der Waals surface area contributed by atoms with E-state index >= 15 is 0 Å². The van der Waals surface area contributed by atoms with Gasteiger partial charge >= 0.3 is 5.97 Å². The van der Waals surface area contributed by atoms with Gasteiger partial charge in [0.1, 0.15) is 0 Å². The second-order valence-corrected chi connectivity index (χ2v) is 7.49. The SMILES string of the molecule is Cc1cc([C@H]2CN(C(C)(C)C)C[C@@H]2C(=O)O)ccc1Br. The molecule has 0 unspecified atom stereocenters. The third-order valence-electron chi connectivity index (χ3n) is 4.20. The zero-order valence-corrected chi connectivity index (χ0v) is 14.1. The number of aliphatic carboxylic acids is 1. The predicted octanol–water partition coefficient (Wildman–Crippen LogP) is 3.66. The van der Waals surface area contributed by atoms with Crippen molar-refractivity contribution in [3.63, 3.8) is 0 Å². The van der Waals surface area contributed by atoms with Crippen LogP contribution in [0.25, 0.3) is 0 Å². The number of nitrogens with zero attached hydrogens (tertiary/aromatic N) is 1. The average Bonchev–Trinajstić information content (AvgIpc) is 2.77. The van der Waals surface area contributed by atoms with E-state index in [2.05, 4.69) is 47.7 Å². The van der Waals surface area contributed by atoms with Gasteiger partial charge in [0.05, 0.1) is 5.92 Å². The molecule has 2 rings (SSSR count). The Bertz CT molecular complexity index is 522. The summed E-state index contributed by atoms with van der Waals surface area (Å²) in [5, 5.41) is 9.52. The highest BCUT2D eigenvalue weighted by Gasteiger charge is 2.42. The van der Waals surface area contributed by atoms with Gasteiger partial charge in [-0.25, -0.2) is 0 Å². The lowest BCUT2D eigenvalue weighted by atomic mass is 9.88. The molecule has 1 aromatic carbocycles. The van der Waals surface area contributed by atoms with Gasteiger partial charge in [-0.05, 0) is 44.9 Å². The lowest BCUT2D eigenvalue weighted by Gasteiger charge is -2.31. The van der Waals surface area contributed by atoms with Gasteiger partial charge in [0.2, 0.25) is 0 Å². The first-order valence-corrected chi connectivity index (χ1v) is 7.73. The number of carbonyl (C=O) groups is 1. The van der Waals surface area contributed by atoms with Crippen LogP contribution in [-0.4, -0.2) is 34.6 Å². The fourth-order valence-corrected chi connectivity index (χ4v) is 3.08. The molecule has 0 aromatic heterocycles. The van der Waals surface area contributed by atoms with E-state index in [9.17, 15) is 9.90 Å². The maximum Gasteiger partial charge on any atom is 0.308 e. The summed E-state index contributed by atoms with van der Waals surface area (Å²) >= 11 is 3.50. The van der Waals surface area contributed by atoms with Crippen LogP contribution in [0.1, 0.15) is 37.8 Å². The Morgan fingerprint density at radius 1 is 1.35 bits per heavy atom. The zero-order chi connectivity index (χ0) is 15.1. The molecule has 0 radical (unpaired) electrons. The second kappa shape index (κ2) is 5.49. The van der Waals surface area contributed by atoms with Crippen LogP contribution >= 0.6 is 15.9 Å². The average molecular weight is 340 g/mol. The smallest absolute Gasteiger partial charge is 0.308 e. The number of hydrogen-bond acceptors (Lipinski definition) is 2. The fraction of sp³-hybridized carbons (Fsp3) is 0.562. The van der Waals surface area contributed by atoms with E-state index in [-0.39, 0.29) is 17.4 Å². The molecule has 3 nitrogen and oxygen atoms in total. The molecule has 0 saturated carbocycles. The highest BCUT2D eigenvalue weighted by molar-refractivity contribution is 9.10. The molecule has 0 amide bonds. The van der Waals surface area contributed by atoms with Crippen molar-refractivity contribution in [2.45, 2.75) is 39.2 Å². The molecule has 2 atom stereocenters. The summed E-state index contributed by atoms with van der Waals surface area (Å²) in [5.41, 5.74) is 2.29. The number of halogens is 1. The van der Waals surface area contributed by atoms with E-state index in [0.29, 0.717) is 6.54 Å². The van der Waals surface area contributed by atoms with E-state index in [1.165, 1.54) is 0 Å². The fourth-order valence-electron chi connectivity index (χ4n) is 2.84. The van der Waals surface area contributed by atoms with Crippen LogP contribution in [0.3, 0.4) is 0 Å². The first-order chi connectivity index (χ1) is 9.20. The van der Waals surface area contributed by atoms with E-state index in [1.807, 2.05) is 19.1 Å². The highest BCUT2D eigenvalue weighted by atomic mass is 79.9. The standard InChI is InChI=1S/C16H22BrNO2/c1-10-7-11(5-6-14(10)17)12-8-18(16(2,3)4)9-13(12)15(19)20/h5-7,12-13H,8-9H2,1-4H3,(H,19,20)/t12-,13+/m1/s1. The molecule has 1 heterocycles. The van der Waals surface area contributed by atoms with Gasteiger partial charge in [0.25, 0.3) is 0 Å². The zero-order valence-electron chi connectivity index (χ0n) is 12.5. The number of benzene rings is 1. The number of carboxylic acid groups (broad SMARTS) is 1. The maximum absolute atomic E-state index is 11.6. The Labute approximate surface area is 129 Å². The van der Waals surface area contributed by atoms with E-state index < -0.39 is 5.97 Å². The molecule has 1 N–H and O–H groups in total. The number of rotatable bonds is 2. The molecule has 1 aliphatic rings. The van der Waals surface area contributed by atoms with Crippen molar-refractivity contribution < 1.29 is 9.90 Å². The molecule has 1 aromatic rings. The molecular formula is C16H22BrNO2. The Kier molecular flexibility index (Phi) is 4.26. The summed E-state index contributed by atoms with van der Waals surface area (Å²) in [6.45, 7) is 9.89.